The molecule has 0 saturated carbocycles. The van der Waals surface area contributed by atoms with Gasteiger partial charge in [-0.05, 0) is 23.6 Å². The predicted octanol–water partition coefficient (Wildman–Crippen LogP) is 2.90. The molecule has 0 unspecified atom stereocenters. The SMILES string of the molecule is Clc1cccc2cc(N3CCNCC3)ccc12. The van der Waals surface area contributed by atoms with Gasteiger partial charge in [-0.1, -0.05) is 29.8 Å². The Balaban J connectivity index is 2.01. The quantitative estimate of drug-likeness (QED) is 0.833. The number of nitrogens with zero attached hydrogens (tertiary/aromatic N) is 1. The van der Waals surface area contributed by atoms with Crippen LogP contribution in [0.4, 0.5) is 5.69 Å². The molecule has 0 amide bonds. The Labute approximate surface area is 106 Å². The molecule has 0 aromatic heterocycles. The second-order valence-corrected chi connectivity index (χ2v) is 4.79. The minimum atomic E-state index is 0.828. The Bertz CT molecular complexity index is 533. The molecule has 0 radical (unpaired) electrons. The van der Waals surface area contributed by atoms with Crippen molar-refractivity contribution in [1.29, 1.82) is 0 Å². The second-order valence-electron chi connectivity index (χ2n) is 4.38. The fraction of sp³-hybridized carbons (Fsp3) is 0.286. The first kappa shape index (κ1) is 10.9. The van der Waals surface area contributed by atoms with Crippen molar-refractivity contribution in [3.63, 3.8) is 0 Å². The van der Waals surface area contributed by atoms with Crippen molar-refractivity contribution in [2.24, 2.45) is 0 Å². The van der Waals surface area contributed by atoms with E-state index in [1.165, 1.54) is 11.1 Å². The van der Waals surface area contributed by atoms with Gasteiger partial charge in [-0.25, -0.2) is 0 Å². The summed E-state index contributed by atoms with van der Waals surface area (Å²) in [4.78, 5) is 2.41. The maximum absolute atomic E-state index is 6.17. The van der Waals surface area contributed by atoms with Crippen LogP contribution in [0.15, 0.2) is 36.4 Å². The molecule has 0 bridgehead atoms. The molecule has 1 aliphatic rings. The van der Waals surface area contributed by atoms with Crippen LogP contribution in [-0.2, 0) is 0 Å². The van der Waals surface area contributed by atoms with Crippen LogP contribution in [0.2, 0.25) is 5.02 Å². The molecule has 3 rings (SSSR count). The lowest BCUT2D eigenvalue weighted by atomic mass is 10.1. The van der Waals surface area contributed by atoms with E-state index in [-0.39, 0.29) is 0 Å². The highest BCUT2D eigenvalue weighted by Crippen LogP contribution is 2.27. The van der Waals surface area contributed by atoms with Crippen molar-refractivity contribution >= 4 is 28.1 Å². The average molecular weight is 247 g/mol. The van der Waals surface area contributed by atoms with Crippen LogP contribution >= 0.6 is 11.6 Å². The van der Waals surface area contributed by atoms with Crippen molar-refractivity contribution in [2.45, 2.75) is 0 Å². The van der Waals surface area contributed by atoms with Crippen LogP contribution in [0.1, 0.15) is 0 Å². The van der Waals surface area contributed by atoms with Crippen LogP contribution in [0.5, 0.6) is 0 Å². The highest BCUT2D eigenvalue weighted by atomic mass is 35.5. The summed E-state index contributed by atoms with van der Waals surface area (Å²) in [6, 6.07) is 12.6. The first-order chi connectivity index (χ1) is 8.34. The third kappa shape index (κ3) is 2.11. The van der Waals surface area contributed by atoms with E-state index in [0.29, 0.717) is 0 Å². The number of anilines is 1. The molecule has 17 heavy (non-hydrogen) atoms. The summed E-state index contributed by atoms with van der Waals surface area (Å²) in [5.41, 5.74) is 1.29. The number of hydrogen-bond donors (Lipinski definition) is 1. The molecule has 0 aliphatic carbocycles. The first-order valence-corrected chi connectivity index (χ1v) is 6.36. The van der Waals surface area contributed by atoms with Gasteiger partial charge < -0.3 is 10.2 Å². The largest absolute Gasteiger partial charge is 0.369 e. The van der Waals surface area contributed by atoms with E-state index in [4.69, 9.17) is 11.6 Å². The molecule has 1 aliphatic heterocycles. The van der Waals surface area contributed by atoms with E-state index in [1.807, 2.05) is 12.1 Å². The van der Waals surface area contributed by atoms with Gasteiger partial charge in [0.2, 0.25) is 0 Å². The smallest absolute Gasteiger partial charge is 0.0484 e. The summed E-state index contributed by atoms with van der Waals surface area (Å²) in [7, 11) is 0. The van der Waals surface area contributed by atoms with Crippen LogP contribution in [0.25, 0.3) is 10.8 Å². The van der Waals surface area contributed by atoms with Crippen LogP contribution in [0, 0.1) is 0 Å². The first-order valence-electron chi connectivity index (χ1n) is 5.98. The molecule has 1 fully saturated rings. The molecule has 0 spiro atoms. The fourth-order valence-corrected chi connectivity index (χ4v) is 2.60. The summed E-state index contributed by atoms with van der Waals surface area (Å²) in [6.07, 6.45) is 0. The monoisotopic (exact) mass is 246 g/mol. The number of fused-ring (bicyclic) bond motifs is 1. The zero-order chi connectivity index (χ0) is 11.7. The van der Waals surface area contributed by atoms with Gasteiger partial charge in [0.25, 0.3) is 0 Å². The summed E-state index contributed by atoms with van der Waals surface area (Å²) in [6.45, 7) is 4.28. The van der Waals surface area contributed by atoms with E-state index in [0.717, 1.165) is 36.6 Å². The zero-order valence-electron chi connectivity index (χ0n) is 9.62. The van der Waals surface area contributed by atoms with E-state index in [1.54, 1.807) is 0 Å². The van der Waals surface area contributed by atoms with Gasteiger partial charge in [-0.15, -0.1) is 0 Å². The lowest BCUT2D eigenvalue weighted by Crippen LogP contribution is -2.43. The normalized spacial score (nSPS) is 16.4. The van der Waals surface area contributed by atoms with Crippen molar-refractivity contribution in [1.82, 2.24) is 5.32 Å². The second kappa shape index (κ2) is 4.55. The van der Waals surface area contributed by atoms with Crippen LogP contribution in [-0.4, -0.2) is 26.2 Å². The molecule has 2 aromatic rings. The molecule has 1 heterocycles. The maximum Gasteiger partial charge on any atom is 0.0484 e. The molecular formula is C14H15ClN2. The van der Waals surface area contributed by atoms with Gasteiger partial charge in [-0.2, -0.15) is 0 Å². The molecule has 88 valence electrons. The van der Waals surface area contributed by atoms with Crippen LogP contribution in [0.3, 0.4) is 0 Å². The fourth-order valence-electron chi connectivity index (χ4n) is 2.35. The highest BCUT2D eigenvalue weighted by molar-refractivity contribution is 6.35. The Morgan fingerprint density at radius 1 is 1.06 bits per heavy atom. The molecule has 1 saturated heterocycles. The Morgan fingerprint density at radius 3 is 2.71 bits per heavy atom. The lowest BCUT2D eigenvalue weighted by molar-refractivity contribution is 0.589. The third-order valence-corrected chi connectivity index (χ3v) is 3.62. The van der Waals surface area contributed by atoms with Crippen molar-refractivity contribution < 1.29 is 0 Å². The molecule has 1 N–H and O–H groups in total. The molecular weight excluding hydrogens is 232 g/mol. The topological polar surface area (TPSA) is 15.3 Å². The summed E-state index contributed by atoms with van der Waals surface area (Å²) in [5.74, 6) is 0. The van der Waals surface area contributed by atoms with E-state index < -0.39 is 0 Å². The number of benzene rings is 2. The number of halogens is 1. The molecule has 0 atom stereocenters. The standard InChI is InChI=1S/C14H15ClN2/c15-14-3-1-2-11-10-12(4-5-13(11)14)17-8-6-16-7-9-17/h1-5,10,16H,6-9H2. The van der Waals surface area contributed by atoms with E-state index in [9.17, 15) is 0 Å². The summed E-state index contributed by atoms with van der Waals surface area (Å²) >= 11 is 6.17. The van der Waals surface area contributed by atoms with Gasteiger partial charge in [0.05, 0.1) is 0 Å². The Kier molecular flexibility index (Phi) is 2.91. The van der Waals surface area contributed by atoms with Gasteiger partial charge in [0.1, 0.15) is 0 Å². The summed E-state index contributed by atoms with van der Waals surface area (Å²) in [5, 5.41) is 6.54. The zero-order valence-corrected chi connectivity index (χ0v) is 10.4. The average Bonchev–Trinajstić information content (AvgIpc) is 2.40. The Morgan fingerprint density at radius 2 is 1.88 bits per heavy atom. The van der Waals surface area contributed by atoms with Crippen molar-refractivity contribution in [3.8, 4) is 0 Å². The lowest BCUT2D eigenvalue weighted by Gasteiger charge is -2.29. The van der Waals surface area contributed by atoms with Gasteiger partial charge >= 0.3 is 0 Å². The van der Waals surface area contributed by atoms with Crippen molar-refractivity contribution in [2.75, 3.05) is 31.1 Å². The summed E-state index contributed by atoms with van der Waals surface area (Å²) < 4.78 is 0. The van der Waals surface area contributed by atoms with Gasteiger partial charge in [0.15, 0.2) is 0 Å². The van der Waals surface area contributed by atoms with Gasteiger partial charge in [-0.3, -0.25) is 0 Å². The van der Waals surface area contributed by atoms with Crippen molar-refractivity contribution in [3.05, 3.63) is 41.4 Å². The van der Waals surface area contributed by atoms with Gasteiger partial charge in [0, 0.05) is 42.3 Å². The minimum absolute atomic E-state index is 0.828. The Hall–Kier alpha value is -1.25. The number of nitrogens with one attached hydrogen (secondary N) is 1. The van der Waals surface area contributed by atoms with Crippen LogP contribution < -0.4 is 10.2 Å². The maximum atomic E-state index is 6.17. The molecule has 3 heteroatoms. The van der Waals surface area contributed by atoms with E-state index >= 15 is 0 Å². The number of piperazine rings is 1. The highest BCUT2D eigenvalue weighted by Gasteiger charge is 2.10. The molecule has 2 nitrogen and oxygen atoms in total. The third-order valence-electron chi connectivity index (χ3n) is 3.29. The van der Waals surface area contributed by atoms with E-state index in [2.05, 4.69) is 34.5 Å². The number of rotatable bonds is 1. The predicted molar refractivity (Wildman–Crippen MR) is 74.0 cm³/mol. The number of hydrogen-bond acceptors (Lipinski definition) is 2. The molecule has 2 aromatic carbocycles. The minimum Gasteiger partial charge on any atom is -0.369 e.